The van der Waals surface area contributed by atoms with Gasteiger partial charge in [-0.2, -0.15) is 0 Å². The molecule has 0 spiro atoms. The smallest absolute Gasteiger partial charge is 0.303 e. The van der Waals surface area contributed by atoms with Gasteiger partial charge in [-0.3, -0.25) is 4.79 Å². The molecule has 0 saturated carbocycles. The van der Waals surface area contributed by atoms with Gasteiger partial charge in [0.05, 0.1) is 6.42 Å². The van der Waals surface area contributed by atoms with Crippen LogP contribution in [0.3, 0.4) is 0 Å². The Hall–Kier alpha value is -1.77. The summed E-state index contributed by atoms with van der Waals surface area (Å²) < 4.78 is 0. The molecule has 2 aromatic rings. The Labute approximate surface area is 100 Å². The molecule has 0 radical (unpaired) electrons. The van der Waals surface area contributed by atoms with Gasteiger partial charge in [-0.05, 0) is 30.9 Å². The molecule has 3 heteroatoms. The first-order valence-corrected chi connectivity index (χ1v) is 5.80. The van der Waals surface area contributed by atoms with Crippen molar-refractivity contribution in [2.75, 3.05) is 0 Å². The van der Waals surface area contributed by atoms with Gasteiger partial charge in [0.1, 0.15) is 0 Å². The van der Waals surface area contributed by atoms with E-state index in [1.807, 2.05) is 19.9 Å². The van der Waals surface area contributed by atoms with E-state index >= 15 is 0 Å². The third-order valence-electron chi connectivity index (χ3n) is 3.25. The number of rotatable bonds is 3. The number of aliphatic carboxylic acids is 1. The molecule has 1 unspecified atom stereocenters. The fourth-order valence-electron chi connectivity index (χ4n) is 2.51. The normalized spacial score (nSPS) is 12.9. The number of para-hydroxylation sites is 1. The van der Waals surface area contributed by atoms with Gasteiger partial charge in [0, 0.05) is 16.6 Å². The molecule has 2 N–H and O–H groups in total. The van der Waals surface area contributed by atoms with Crippen LogP contribution < -0.4 is 0 Å². The molecule has 0 bridgehead atoms. The number of hydrogen-bond donors (Lipinski definition) is 2. The summed E-state index contributed by atoms with van der Waals surface area (Å²) in [6.07, 6.45) is 0.168. The Morgan fingerprint density at radius 1 is 1.41 bits per heavy atom. The van der Waals surface area contributed by atoms with Gasteiger partial charge >= 0.3 is 5.97 Å². The zero-order valence-corrected chi connectivity index (χ0v) is 10.4. The molecule has 3 nitrogen and oxygen atoms in total. The number of aromatic amines is 1. The summed E-state index contributed by atoms with van der Waals surface area (Å²) >= 11 is 0. The third kappa shape index (κ3) is 2.05. The highest BCUT2D eigenvalue weighted by Crippen LogP contribution is 2.32. The molecule has 1 aromatic carbocycles. The van der Waals surface area contributed by atoms with Crippen molar-refractivity contribution >= 4 is 16.9 Å². The fourth-order valence-corrected chi connectivity index (χ4v) is 2.51. The number of benzene rings is 1. The summed E-state index contributed by atoms with van der Waals surface area (Å²) in [5, 5.41) is 10.0. The highest BCUT2D eigenvalue weighted by atomic mass is 16.4. The Bertz CT molecular complexity index is 569. The summed E-state index contributed by atoms with van der Waals surface area (Å²) in [6.45, 7) is 6.03. The van der Waals surface area contributed by atoms with E-state index < -0.39 is 5.97 Å². The van der Waals surface area contributed by atoms with Gasteiger partial charge in [0.25, 0.3) is 0 Å². The predicted octanol–water partition coefficient (Wildman–Crippen LogP) is 3.36. The van der Waals surface area contributed by atoms with Crippen molar-refractivity contribution < 1.29 is 9.90 Å². The van der Waals surface area contributed by atoms with Gasteiger partial charge in [-0.25, -0.2) is 0 Å². The summed E-state index contributed by atoms with van der Waals surface area (Å²) in [7, 11) is 0. The van der Waals surface area contributed by atoms with E-state index in [0.717, 1.165) is 22.2 Å². The van der Waals surface area contributed by atoms with Gasteiger partial charge in [-0.1, -0.05) is 25.1 Å². The number of aromatic nitrogens is 1. The first-order chi connectivity index (χ1) is 8.00. The number of carbonyl (C=O) groups is 1. The second kappa shape index (κ2) is 4.24. The molecule has 0 amide bonds. The summed E-state index contributed by atoms with van der Waals surface area (Å²) in [5.74, 6) is -0.720. The lowest BCUT2D eigenvalue weighted by Crippen LogP contribution is -2.03. The van der Waals surface area contributed by atoms with Crippen molar-refractivity contribution in [2.45, 2.75) is 33.1 Å². The molecule has 1 heterocycles. The monoisotopic (exact) mass is 231 g/mol. The Morgan fingerprint density at radius 3 is 2.76 bits per heavy atom. The predicted molar refractivity (Wildman–Crippen MR) is 68.4 cm³/mol. The van der Waals surface area contributed by atoms with Gasteiger partial charge in [0.15, 0.2) is 0 Å². The van der Waals surface area contributed by atoms with Crippen molar-refractivity contribution in [3.8, 4) is 0 Å². The van der Waals surface area contributed by atoms with Gasteiger partial charge in [0.2, 0.25) is 0 Å². The average molecular weight is 231 g/mol. The number of nitrogens with one attached hydrogen (secondary N) is 1. The lowest BCUT2D eigenvalue weighted by atomic mass is 9.94. The molecule has 0 aliphatic rings. The number of carboxylic acids is 1. The molecule has 0 fully saturated rings. The molecule has 17 heavy (non-hydrogen) atoms. The Kier molecular flexibility index (Phi) is 2.92. The first-order valence-electron chi connectivity index (χ1n) is 5.80. The van der Waals surface area contributed by atoms with Crippen LogP contribution in [0.15, 0.2) is 18.2 Å². The molecular weight excluding hydrogens is 214 g/mol. The van der Waals surface area contributed by atoms with E-state index in [9.17, 15) is 4.79 Å². The van der Waals surface area contributed by atoms with Crippen molar-refractivity contribution in [1.29, 1.82) is 0 Å². The van der Waals surface area contributed by atoms with Crippen LogP contribution in [-0.2, 0) is 4.79 Å². The van der Waals surface area contributed by atoms with Gasteiger partial charge in [-0.15, -0.1) is 0 Å². The van der Waals surface area contributed by atoms with E-state index in [0.29, 0.717) is 0 Å². The number of aryl methyl sites for hydroxylation is 2. The zero-order valence-electron chi connectivity index (χ0n) is 10.4. The van der Waals surface area contributed by atoms with Crippen LogP contribution >= 0.6 is 0 Å². The van der Waals surface area contributed by atoms with E-state index in [1.165, 1.54) is 5.56 Å². The highest BCUT2D eigenvalue weighted by molar-refractivity contribution is 5.88. The van der Waals surface area contributed by atoms with Crippen molar-refractivity contribution in [3.63, 3.8) is 0 Å². The SMILES string of the molecule is Cc1[nH]c2c(C)cccc2c1C(C)CC(=O)O. The molecular formula is C14H17NO2. The number of fused-ring (bicyclic) bond motifs is 1. The molecule has 1 atom stereocenters. The average Bonchev–Trinajstić information content (AvgIpc) is 2.55. The van der Waals surface area contributed by atoms with Crippen molar-refractivity contribution in [2.24, 2.45) is 0 Å². The molecule has 0 aliphatic carbocycles. The van der Waals surface area contributed by atoms with Gasteiger partial charge < -0.3 is 10.1 Å². The van der Waals surface area contributed by atoms with E-state index in [2.05, 4.69) is 24.0 Å². The van der Waals surface area contributed by atoms with Crippen LogP contribution in [0.4, 0.5) is 0 Å². The van der Waals surface area contributed by atoms with E-state index in [1.54, 1.807) is 0 Å². The van der Waals surface area contributed by atoms with Crippen molar-refractivity contribution in [1.82, 2.24) is 4.98 Å². The number of H-pyrrole nitrogens is 1. The molecule has 0 aliphatic heterocycles. The second-order valence-electron chi connectivity index (χ2n) is 4.66. The van der Waals surface area contributed by atoms with Crippen LogP contribution in [0.1, 0.15) is 36.1 Å². The largest absolute Gasteiger partial charge is 0.481 e. The Morgan fingerprint density at radius 2 is 2.12 bits per heavy atom. The van der Waals surface area contributed by atoms with Crippen LogP contribution in [0, 0.1) is 13.8 Å². The maximum atomic E-state index is 10.8. The fraction of sp³-hybridized carbons (Fsp3) is 0.357. The topological polar surface area (TPSA) is 53.1 Å². The Balaban J connectivity index is 2.57. The highest BCUT2D eigenvalue weighted by Gasteiger charge is 2.17. The van der Waals surface area contributed by atoms with Crippen LogP contribution in [-0.4, -0.2) is 16.1 Å². The summed E-state index contributed by atoms with van der Waals surface area (Å²) in [4.78, 5) is 14.2. The minimum atomic E-state index is -0.751. The molecule has 2 rings (SSSR count). The third-order valence-corrected chi connectivity index (χ3v) is 3.25. The van der Waals surface area contributed by atoms with Crippen molar-refractivity contribution in [3.05, 3.63) is 35.0 Å². The lowest BCUT2D eigenvalue weighted by Gasteiger charge is -2.09. The molecule has 0 saturated heterocycles. The van der Waals surface area contributed by atoms with Crippen LogP contribution in [0.2, 0.25) is 0 Å². The number of hydrogen-bond acceptors (Lipinski definition) is 1. The quantitative estimate of drug-likeness (QED) is 0.851. The minimum Gasteiger partial charge on any atom is -0.481 e. The summed E-state index contributed by atoms with van der Waals surface area (Å²) in [6, 6.07) is 6.13. The molecule has 90 valence electrons. The minimum absolute atomic E-state index is 0.0306. The van der Waals surface area contributed by atoms with Crippen LogP contribution in [0.25, 0.3) is 10.9 Å². The standard InChI is InChI=1S/C14H17NO2/c1-8-5-4-6-11-13(9(2)7-12(16)17)10(3)15-14(8)11/h4-6,9,15H,7H2,1-3H3,(H,16,17). The maximum absolute atomic E-state index is 10.8. The molecule has 1 aromatic heterocycles. The lowest BCUT2D eigenvalue weighted by molar-refractivity contribution is -0.137. The second-order valence-corrected chi connectivity index (χ2v) is 4.66. The number of carboxylic acid groups (broad SMARTS) is 1. The summed E-state index contributed by atoms with van der Waals surface area (Å²) in [5.41, 5.74) is 4.52. The van der Waals surface area contributed by atoms with Crippen LogP contribution in [0.5, 0.6) is 0 Å². The zero-order chi connectivity index (χ0) is 12.6. The van der Waals surface area contributed by atoms with E-state index in [4.69, 9.17) is 5.11 Å². The van der Waals surface area contributed by atoms with E-state index in [-0.39, 0.29) is 12.3 Å². The maximum Gasteiger partial charge on any atom is 0.303 e. The first kappa shape index (κ1) is 11.7.